The van der Waals surface area contributed by atoms with E-state index in [0.29, 0.717) is 18.5 Å². The van der Waals surface area contributed by atoms with Crippen molar-refractivity contribution in [1.29, 1.82) is 0 Å². The highest BCUT2D eigenvalue weighted by Gasteiger charge is 2.26. The molecule has 0 spiro atoms. The zero-order chi connectivity index (χ0) is 54.5. The summed E-state index contributed by atoms with van der Waals surface area (Å²) in [5.74, 6) is 7.87. The number of rotatable bonds is 8. The summed E-state index contributed by atoms with van der Waals surface area (Å²) in [6, 6.07) is 55.1. The second kappa shape index (κ2) is 25.6. The van der Waals surface area contributed by atoms with Gasteiger partial charge in [0.2, 0.25) is 6.71 Å². The van der Waals surface area contributed by atoms with Crippen LogP contribution in [0.1, 0.15) is 138 Å². The Morgan fingerprint density at radius 2 is 0.600 bits per heavy atom. The molecule has 9 rings (SSSR count). The van der Waals surface area contributed by atoms with Gasteiger partial charge in [0.05, 0.1) is 0 Å². The Hall–Kier alpha value is -7.59. The lowest BCUT2D eigenvalue weighted by atomic mass is 9.37. The van der Waals surface area contributed by atoms with Gasteiger partial charge in [0.25, 0.3) is 0 Å². The highest BCUT2D eigenvalue weighted by Crippen LogP contribution is 2.27. The molecular formula is C65H76BN9. The first-order valence-corrected chi connectivity index (χ1v) is 26.1. The molecule has 9 nitrogen and oxygen atoms in total. The van der Waals surface area contributed by atoms with E-state index in [1.54, 1.807) is 0 Å². The average molecular weight is 994 g/mol. The van der Waals surface area contributed by atoms with E-state index in [-0.39, 0.29) is 10.8 Å². The Labute approximate surface area is 448 Å². The van der Waals surface area contributed by atoms with Crippen molar-refractivity contribution in [3.63, 3.8) is 0 Å². The quantitative estimate of drug-likeness (QED) is 0.137. The highest BCUT2D eigenvalue weighted by atomic mass is 15.1. The minimum atomic E-state index is -0.0949. The Morgan fingerprint density at radius 1 is 0.307 bits per heavy atom. The van der Waals surface area contributed by atoms with Crippen LogP contribution in [0.4, 0.5) is 0 Å². The minimum absolute atomic E-state index is 0.0949. The maximum absolute atomic E-state index is 4.70. The van der Waals surface area contributed by atoms with E-state index in [9.17, 15) is 0 Å². The smallest absolute Gasteiger partial charge is 0.219 e. The monoisotopic (exact) mass is 994 g/mol. The molecule has 3 heterocycles. The lowest BCUT2D eigenvalue weighted by Crippen LogP contribution is -2.51. The Morgan fingerprint density at radius 3 is 0.920 bits per heavy atom. The summed E-state index contributed by atoms with van der Waals surface area (Å²) in [6.07, 6.45) is 0. The Bertz CT molecular complexity index is 3080. The van der Waals surface area contributed by atoms with Crippen molar-refractivity contribution in [2.24, 2.45) is 0 Å². The van der Waals surface area contributed by atoms with Crippen LogP contribution in [0, 0.1) is 41.5 Å². The molecule has 9 aromatic rings. The minimum Gasteiger partial charge on any atom is -0.219 e. The zero-order valence-electron chi connectivity index (χ0n) is 47.3. The van der Waals surface area contributed by atoms with Crippen molar-refractivity contribution in [3.8, 4) is 34.2 Å². The van der Waals surface area contributed by atoms with Crippen LogP contribution in [-0.4, -0.2) is 51.6 Å². The molecule has 0 fully saturated rings. The van der Waals surface area contributed by atoms with Gasteiger partial charge in [-0.15, -0.1) is 0 Å². The summed E-state index contributed by atoms with van der Waals surface area (Å²) in [6.45, 7) is 33.7. The lowest BCUT2D eigenvalue weighted by Gasteiger charge is -2.22. The fraction of sp³-hybridized carbons (Fsp3) is 0.308. The fourth-order valence-electron chi connectivity index (χ4n) is 7.71. The van der Waals surface area contributed by atoms with Gasteiger partial charge in [-0.25, -0.2) is 44.9 Å². The number of aryl methyl sites for hydroxylation is 6. The van der Waals surface area contributed by atoms with Crippen molar-refractivity contribution in [2.45, 2.75) is 133 Å². The first kappa shape index (κ1) is 56.7. The van der Waals surface area contributed by atoms with E-state index in [1.165, 1.54) is 38.6 Å². The molecule has 0 amide bonds. The number of hydrogen-bond donors (Lipinski definition) is 0. The summed E-state index contributed by atoms with van der Waals surface area (Å²) >= 11 is 0. The van der Waals surface area contributed by atoms with Crippen LogP contribution in [0.15, 0.2) is 158 Å². The predicted octanol–water partition coefficient (Wildman–Crippen LogP) is 13.5. The first-order valence-electron chi connectivity index (χ1n) is 26.1. The first-order chi connectivity index (χ1) is 35.5. The maximum Gasteiger partial charge on any atom is 0.241 e. The molecule has 0 aliphatic carbocycles. The van der Waals surface area contributed by atoms with Crippen LogP contribution >= 0.6 is 0 Å². The molecule has 0 N–H and O–H groups in total. The molecule has 0 aliphatic rings. The number of hydrogen-bond acceptors (Lipinski definition) is 9. The van der Waals surface area contributed by atoms with E-state index < -0.39 is 0 Å². The molecule has 0 atom stereocenters. The normalized spacial score (nSPS) is 11.2. The van der Waals surface area contributed by atoms with E-state index >= 15 is 0 Å². The van der Waals surface area contributed by atoms with Gasteiger partial charge in [0.1, 0.15) is 34.9 Å². The van der Waals surface area contributed by atoms with Gasteiger partial charge >= 0.3 is 0 Å². The molecule has 0 bridgehead atoms. The largest absolute Gasteiger partial charge is 0.241 e. The van der Waals surface area contributed by atoms with Gasteiger partial charge in [-0.3, -0.25) is 0 Å². The summed E-state index contributed by atoms with van der Waals surface area (Å²) in [7, 11) is 0. The molecule has 0 unspecified atom stereocenters. The van der Waals surface area contributed by atoms with Crippen LogP contribution in [0.25, 0.3) is 34.2 Å². The van der Waals surface area contributed by atoms with Gasteiger partial charge in [0.15, 0.2) is 17.5 Å². The molecule has 0 saturated carbocycles. The molecule has 0 aliphatic heterocycles. The van der Waals surface area contributed by atoms with E-state index in [4.69, 9.17) is 15.0 Å². The van der Waals surface area contributed by atoms with Crippen molar-refractivity contribution in [3.05, 3.63) is 215 Å². The number of aromatic nitrogens is 9. The van der Waals surface area contributed by atoms with E-state index in [2.05, 4.69) is 272 Å². The van der Waals surface area contributed by atoms with Crippen LogP contribution in [0.5, 0.6) is 0 Å². The summed E-state index contributed by atoms with van der Waals surface area (Å²) in [4.78, 5) is 40.6. The van der Waals surface area contributed by atoms with Gasteiger partial charge in [-0.1, -0.05) is 266 Å². The van der Waals surface area contributed by atoms with Crippen LogP contribution < -0.4 is 16.4 Å². The highest BCUT2D eigenvalue weighted by molar-refractivity contribution is 6.95. The summed E-state index contributed by atoms with van der Waals surface area (Å²) < 4.78 is 0. The standard InChI is InChI=1S/C19H17B.C18H25N3.C16H21N3.C12H13N3/c1-16-12-14-19(15-13-16)20(17-8-4-2-5-9-17)18-10-6-3-7-11-18;1-12-8-10-13(11-9-12)14-19-15(17(2,3)4)21-16(20-14)18(5,6)7;1-10(2)14-17-15(11(3)4)19-16(18-14)13-8-6-12(5)7-9-13;1-8-4-6-11(7-5-8)12-14-9(2)13-10(3)15-12/h2-15H,1H3;8-11H,1-7H3;6-11H,1-5H3;4-7H,1-3H3. The van der Waals surface area contributed by atoms with Gasteiger partial charge in [-0.05, 0) is 41.5 Å². The van der Waals surface area contributed by atoms with Crippen LogP contribution in [-0.2, 0) is 10.8 Å². The number of nitrogens with zero attached hydrogens (tertiary/aromatic N) is 9. The third-order valence-corrected chi connectivity index (χ3v) is 12.1. The van der Waals surface area contributed by atoms with E-state index in [1.807, 2.05) is 26.0 Å². The molecule has 75 heavy (non-hydrogen) atoms. The van der Waals surface area contributed by atoms with Gasteiger partial charge in [0, 0.05) is 39.4 Å². The lowest BCUT2D eigenvalue weighted by molar-refractivity contribution is 0.497. The maximum atomic E-state index is 4.70. The van der Waals surface area contributed by atoms with E-state index in [0.717, 1.165) is 69.1 Å². The third-order valence-electron chi connectivity index (χ3n) is 12.1. The molecule has 384 valence electrons. The molecular weight excluding hydrogens is 918 g/mol. The second-order valence-electron chi connectivity index (χ2n) is 22.0. The molecule has 10 heteroatoms. The molecule has 0 saturated heterocycles. The second-order valence-corrected chi connectivity index (χ2v) is 22.0. The van der Waals surface area contributed by atoms with Crippen LogP contribution in [0.3, 0.4) is 0 Å². The Kier molecular flexibility index (Phi) is 19.3. The Balaban J connectivity index is 0.000000164. The van der Waals surface area contributed by atoms with Crippen molar-refractivity contribution >= 4 is 23.1 Å². The molecule has 6 aromatic carbocycles. The van der Waals surface area contributed by atoms with Crippen LogP contribution in [0.2, 0.25) is 0 Å². The average Bonchev–Trinajstić information content (AvgIpc) is 3.38. The topological polar surface area (TPSA) is 116 Å². The number of benzene rings is 6. The van der Waals surface area contributed by atoms with Crippen molar-refractivity contribution in [1.82, 2.24) is 44.9 Å². The van der Waals surface area contributed by atoms with Crippen molar-refractivity contribution < 1.29 is 0 Å². The molecule has 0 radical (unpaired) electrons. The summed E-state index contributed by atoms with van der Waals surface area (Å²) in [5.41, 5.74) is 12.0. The SMILES string of the molecule is Cc1ccc(-c2nc(C(C)(C)C)nc(C(C)(C)C)n2)cc1.Cc1ccc(-c2nc(C(C)C)nc(C(C)C)n2)cc1.Cc1ccc(-c2nc(C)nc(C)n2)cc1.Cc1ccc(B(c2ccccc2)c2ccccc2)cc1. The third kappa shape index (κ3) is 16.7. The van der Waals surface area contributed by atoms with Gasteiger partial charge in [-0.2, -0.15) is 0 Å². The fourth-order valence-corrected chi connectivity index (χ4v) is 7.71. The van der Waals surface area contributed by atoms with Gasteiger partial charge < -0.3 is 0 Å². The van der Waals surface area contributed by atoms with Crippen molar-refractivity contribution in [2.75, 3.05) is 0 Å². The predicted molar refractivity (Wildman–Crippen MR) is 314 cm³/mol. The summed E-state index contributed by atoms with van der Waals surface area (Å²) in [5, 5.41) is 0. The zero-order valence-corrected chi connectivity index (χ0v) is 47.3. The molecule has 3 aromatic heterocycles.